The Bertz CT molecular complexity index is 911. The maximum absolute atomic E-state index is 13.0. The summed E-state index contributed by atoms with van der Waals surface area (Å²) in [6.07, 6.45) is 3.52. The molecule has 0 spiro atoms. The molecule has 0 atom stereocenters. The molecule has 1 aliphatic heterocycles. The van der Waals surface area contributed by atoms with E-state index in [1.807, 2.05) is 61.9 Å². The fourth-order valence-electron chi connectivity index (χ4n) is 2.93. The second kappa shape index (κ2) is 6.64. The van der Waals surface area contributed by atoms with E-state index in [-0.39, 0.29) is 10.7 Å². The number of anilines is 1. The molecule has 2 heterocycles. The highest BCUT2D eigenvalue weighted by Gasteiger charge is 2.35. The molecule has 2 aromatic rings. The monoisotopic (exact) mass is 353 g/mol. The van der Waals surface area contributed by atoms with E-state index in [1.165, 1.54) is 4.90 Å². The van der Waals surface area contributed by atoms with Gasteiger partial charge < -0.3 is 4.57 Å². The molecule has 0 saturated carbocycles. The predicted molar refractivity (Wildman–Crippen MR) is 102 cm³/mol. The zero-order chi connectivity index (χ0) is 18.1. The quantitative estimate of drug-likeness (QED) is 0.524. The first-order valence-corrected chi connectivity index (χ1v) is 8.47. The number of carbonyl (C=O) groups is 2. The summed E-state index contributed by atoms with van der Waals surface area (Å²) in [4.78, 5) is 26.7. The topological polar surface area (TPSA) is 54.3 Å². The second-order valence-corrected chi connectivity index (χ2v) is 6.35. The first kappa shape index (κ1) is 17.1. The summed E-state index contributed by atoms with van der Waals surface area (Å²) in [5, 5.41) is 2.72. The number of aryl methyl sites for hydroxylation is 3. The predicted octanol–water partition coefficient (Wildman–Crippen LogP) is 2.96. The van der Waals surface area contributed by atoms with E-state index >= 15 is 0 Å². The minimum Gasteiger partial charge on any atom is -0.348 e. The molecule has 3 rings (SSSR count). The maximum atomic E-state index is 13.0. The van der Waals surface area contributed by atoms with Gasteiger partial charge in [-0.1, -0.05) is 17.7 Å². The molecule has 6 heteroatoms. The van der Waals surface area contributed by atoms with Crippen LogP contribution in [0, 0.1) is 13.8 Å². The van der Waals surface area contributed by atoms with Gasteiger partial charge in [-0.05, 0) is 62.8 Å². The van der Waals surface area contributed by atoms with Crippen LogP contribution >= 0.6 is 12.2 Å². The van der Waals surface area contributed by atoms with Crippen molar-refractivity contribution in [3.8, 4) is 0 Å². The molecule has 0 bridgehead atoms. The minimum atomic E-state index is -0.472. The lowest BCUT2D eigenvalue weighted by Crippen LogP contribution is -2.54. The van der Waals surface area contributed by atoms with E-state index in [2.05, 4.69) is 5.32 Å². The van der Waals surface area contributed by atoms with Crippen molar-refractivity contribution >= 4 is 40.9 Å². The Balaban J connectivity index is 2.06. The van der Waals surface area contributed by atoms with Crippen molar-refractivity contribution in [2.75, 3.05) is 4.90 Å². The van der Waals surface area contributed by atoms with E-state index in [0.29, 0.717) is 5.69 Å². The molecule has 1 aliphatic rings. The van der Waals surface area contributed by atoms with Crippen molar-refractivity contribution < 1.29 is 9.59 Å². The number of hydrogen-bond donors (Lipinski definition) is 1. The van der Waals surface area contributed by atoms with E-state index in [4.69, 9.17) is 12.2 Å². The zero-order valence-electron chi connectivity index (χ0n) is 14.4. The van der Waals surface area contributed by atoms with Gasteiger partial charge >= 0.3 is 0 Å². The highest BCUT2D eigenvalue weighted by molar-refractivity contribution is 7.80. The summed E-state index contributed by atoms with van der Waals surface area (Å²) in [6, 6.07) is 9.49. The first-order chi connectivity index (χ1) is 11.9. The molecular weight excluding hydrogens is 334 g/mol. The van der Waals surface area contributed by atoms with Gasteiger partial charge in [0, 0.05) is 18.4 Å². The van der Waals surface area contributed by atoms with E-state index < -0.39 is 11.8 Å². The molecule has 25 heavy (non-hydrogen) atoms. The molecule has 5 nitrogen and oxygen atoms in total. The molecule has 1 fully saturated rings. The molecule has 0 unspecified atom stereocenters. The van der Waals surface area contributed by atoms with Crippen LogP contribution in [0.15, 0.2) is 42.1 Å². The number of hydrogen-bond acceptors (Lipinski definition) is 3. The van der Waals surface area contributed by atoms with Crippen LogP contribution in [-0.2, 0) is 16.1 Å². The van der Waals surface area contributed by atoms with Gasteiger partial charge in [0.2, 0.25) is 0 Å². The van der Waals surface area contributed by atoms with Crippen molar-refractivity contribution in [3.05, 3.63) is 58.9 Å². The molecule has 2 amide bonds. The van der Waals surface area contributed by atoms with E-state index in [0.717, 1.165) is 23.4 Å². The number of nitrogens with one attached hydrogen (secondary N) is 1. The van der Waals surface area contributed by atoms with Crippen LogP contribution < -0.4 is 10.2 Å². The van der Waals surface area contributed by atoms with Gasteiger partial charge in [0.15, 0.2) is 5.11 Å². The summed E-state index contributed by atoms with van der Waals surface area (Å²) in [5.74, 6) is -0.885. The Labute approximate surface area is 151 Å². The van der Waals surface area contributed by atoms with Crippen LogP contribution in [0.25, 0.3) is 6.08 Å². The van der Waals surface area contributed by atoms with Crippen molar-refractivity contribution in [2.45, 2.75) is 27.3 Å². The number of carbonyl (C=O) groups excluding carboxylic acids is 2. The lowest BCUT2D eigenvalue weighted by molar-refractivity contribution is -0.122. The lowest BCUT2D eigenvalue weighted by Gasteiger charge is -2.30. The molecular formula is C19H19N3O2S. The summed E-state index contributed by atoms with van der Waals surface area (Å²) in [5.41, 5.74) is 3.56. The summed E-state index contributed by atoms with van der Waals surface area (Å²) < 4.78 is 1.96. The molecule has 0 radical (unpaired) electrons. The van der Waals surface area contributed by atoms with Crippen LogP contribution in [0.5, 0.6) is 0 Å². The molecule has 1 N–H and O–H groups in total. The highest BCUT2D eigenvalue weighted by Crippen LogP contribution is 2.26. The largest absolute Gasteiger partial charge is 0.348 e. The van der Waals surface area contributed by atoms with Gasteiger partial charge in [0.05, 0.1) is 5.69 Å². The number of thiocarbonyl (C=S) groups is 1. The number of rotatable bonds is 3. The van der Waals surface area contributed by atoms with Gasteiger partial charge in [-0.15, -0.1) is 0 Å². The summed E-state index contributed by atoms with van der Waals surface area (Å²) >= 11 is 5.25. The zero-order valence-corrected chi connectivity index (χ0v) is 15.2. The number of aromatic nitrogens is 1. The number of nitrogens with zero attached hydrogens (tertiary/aromatic N) is 2. The Morgan fingerprint density at radius 2 is 1.96 bits per heavy atom. The van der Waals surface area contributed by atoms with Gasteiger partial charge in [-0.2, -0.15) is 0 Å². The summed E-state index contributed by atoms with van der Waals surface area (Å²) in [7, 11) is 0. The Morgan fingerprint density at radius 3 is 2.64 bits per heavy atom. The van der Waals surface area contributed by atoms with Gasteiger partial charge in [-0.3, -0.25) is 19.8 Å². The Morgan fingerprint density at radius 1 is 1.20 bits per heavy atom. The standard InChI is InChI=1S/C19H19N3O2S/c1-4-21-9-5-6-14(21)11-15-17(23)20-19(25)22(18(15)24)16-8-7-12(2)10-13(16)3/h5-11H,4H2,1-3H3,(H,20,23,25)/b15-11+. The van der Waals surface area contributed by atoms with Crippen LogP contribution in [0.2, 0.25) is 0 Å². The molecule has 1 aromatic heterocycles. The van der Waals surface area contributed by atoms with E-state index in [9.17, 15) is 9.59 Å². The van der Waals surface area contributed by atoms with Gasteiger partial charge in [0.1, 0.15) is 5.57 Å². The van der Waals surface area contributed by atoms with Gasteiger partial charge in [-0.25, -0.2) is 0 Å². The van der Waals surface area contributed by atoms with Crippen molar-refractivity contribution in [1.82, 2.24) is 9.88 Å². The van der Waals surface area contributed by atoms with Crippen LogP contribution in [0.4, 0.5) is 5.69 Å². The van der Waals surface area contributed by atoms with Crippen molar-refractivity contribution in [3.63, 3.8) is 0 Å². The normalized spacial score (nSPS) is 16.5. The van der Waals surface area contributed by atoms with E-state index in [1.54, 1.807) is 6.08 Å². The highest BCUT2D eigenvalue weighted by atomic mass is 32.1. The smallest absolute Gasteiger partial charge is 0.270 e. The third-order valence-electron chi connectivity index (χ3n) is 4.19. The second-order valence-electron chi connectivity index (χ2n) is 5.97. The minimum absolute atomic E-state index is 0.0713. The Kier molecular flexibility index (Phi) is 4.55. The van der Waals surface area contributed by atoms with Crippen LogP contribution in [-0.4, -0.2) is 21.5 Å². The fourth-order valence-corrected chi connectivity index (χ4v) is 3.20. The van der Waals surface area contributed by atoms with Crippen LogP contribution in [0.1, 0.15) is 23.7 Å². The van der Waals surface area contributed by atoms with Crippen molar-refractivity contribution in [2.24, 2.45) is 0 Å². The molecule has 128 valence electrons. The third kappa shape index (κ3) is 3.13. The summed E-state index contributed by atoms with van der Waals surface area (Å²) in [6.45, 7) is 6.66. The average molecular weight is 353 g/mol. The Hall–Kier alpha value is -2.73. The molecule has 1 aromatic carbocycles. The average Bonchev–Trinajstić information content (AvgIpc) is 3.00. The fraction of sp³-hybridized carbons (Fsp3) is 0.211. The first-order valence-electron chi connectivity index (χ1n) is 8.06. The number of benzene rings is 1. The third-order valence-corrected chi connectivity index (χ3v) is 4.48. The van der Waals surface area contributed by atoms with Crippen molar-refractivity contribution in [1.29, 1.82) is 0 Å². The van der Waals surface area contributed by atoms with Crippen LogP contribution in [0.3, 0.4) is 0 Å². The maximum Gasteiger partial charge on any atom is 0.270 e. The number of amides is 2. The SMILES string of the molecule is CCn1cccc1/C=C1\C(=O)NC(=S)N(c2ccc(C)cc2C)C1=O. The molecule has 1 saturated heterocycles. The van der Waals surface area contributed by atoms with Gasteiger partial charge in [0.25, 0.3) is 11.8 Å². The lowest BCUT2D eigenvalue weighted by atomic mass is 10.1. The molecule has 0 aliphatic carbocycles.